The molecule has 0 radical (unpaired) electrons. The van der Waals surface area contributed by atoms with Crippen molar-refractivity contribution in [3.05, 3.63) is 64.6 Å². The van der Waals surface area contributed by atoms with Crippen molar-refractivity contribution in [2.45, 2.75) is 6.54 Å². The van der Waals surface area contributed by atoms with Gasteiger partial charge in [0.15, 0.2) is 0 Å². The van der Waals surface area contributed by atoms with E-state index in [1.165, 1.54) is 0 Å². The molecule has 1 saturated heterocycles. The van der Waals surface area contributed by atoms with Crippen LogP contribution in [0.5, 0.6) is 11.5 Å². The number of pyridine rings is 1. The lowest BCUT2D eigenvalue weighted by Crippen LogP contribution is -2.46. The zero-order valence-electron chi connectivity index (χ0n) is 16.2. The zero-order valence-corrected chi connectivity index (χ0v) is 16.2. The molecular formula is C21H24N4O3. The molecule has 0 saturated carbocycles. The standard InChI is InChI=1S/C21H24N4O3/c1-27-17-6-7-18(28-2)16(13-17)15-23-9-11-24(12-10-23)20-14-21(26)25-8-4-3-5-19(25)22-20/h3-8,13-14H,9-12,15H2,1-2H3. The van der Waals surface area contributed by atoms with E-state index in [0.717, 1.165) is 55.6 Å². The molecule has 0 bridgehead atoms. The van der Waals surface area contributed by atoms with Gasteiger partial charge in [0.2, 0.25) is 0 Å². The number of piperazine rings is 1. The fourth-order valence-corrected chi connectivity index (χ4v) is 3.58. The minimum Gasteiger partial charge on any atom is -0.497 e. The molecule has 1 aliphatic rings. The van der Waals surface area contributed by atoms with Gasteiger partial charge in [0.1, 0.15) is 23.0 Å². The van der Waals surface area contributed by atoms with Crippen LogP contribution in [0.4, 0.5) is 5.82 Å². The maximum atomic E-state index is 12.3. The summed E-state index contributed by atoms with van der Waals surface area (Å²) in [4.78, 5) is 21.5. The van der Waals surface area contributed by atoms with Crippen LogP contribution < -0.4 is 19.9 Å². The summed E-state index contributed by atoms with van der Waals surface area (Å²) >= 11 is 0. The summed E-state index contributed by atoms with van der Waals surface area (Å²) < 4.78 is 12.4. The second kappa shape index (κ2) is 7.90. The van der Waals surface area contributed by atoms with Crippen molar-refractivity contribution in [2.75, 3.05) is 45.3 Å². The molecule has 0 amide bonds. The Labute approximate surface area is 163 Å². The average Bonchev–Trinajstić information content (AvgIpc) is 2.74. The highest BCUT2D eigenvalue weighted by atomic mass is 16.5. The first-order valence-electron chi connectivity index (χ1n) is 9.34. The number of ether oxygens (including phenoxy) is 2. The number of fused-ring (bicyclic) bond motifs is 1. The number of nitrogens with zero attached hydrogens (tertiary/aromatic N) is 4. The van der Waals surface area contributed by atoms with E-state index in [1.807, 2.05) is 36.4 Å². The van der Waals surface area contributed by atoms with Gasteiger partial charge < -0.3 is 14.4 Å². The number of rotatable bonds is 5. The van der Waals surface area contributed by atoms with Crippen LogP contribution in [0.1, 0.15) is 5.56 Å². The molecule has 0 aliphatic carbocycles. The largest absolute Gasteiger partial charge is 0.497 e. The van der Waals surface area contributed by atoms with E-state index in [9.17, 15) is 4.79 Å². The van der Waals surface area contributed by atoms with Crippen LogP contribution in [0.2, 0.25) is 0 Å². The number of aromatic nitrogens is 2. The Bertz CT molecular complexity index is 1030. The second-order valence-corrected chi connectivity index (χ2v) is 6.82. The molecule has 0 N–H and O–H groups in total. The highest BCUT2D eigenvalue weighted by molar-refractivity contribution is 5.48. The monoisotopic (exact) mass is 380 g/mol. The molecule has 1 aromatic carbocycles. The van der Waals surface area contributed by atoms with Gasteiger partial charge in [0.25, 0.3) is 5.56 Å². The number of hydrogen-bond donors (Lipinski definition) is 0. The molecule has 0 spiro atoms. The Kier molecular flexibility index (Phi) is 5.16. The van der Waals surface area contributed by atoms with Crippen molar-refractivity contribution in [1.29, 1.82) is 0 Å². The number of anilines is 1. The minimum atomic E-state index is -0.0517. The van der Waals surface area contributed by atoms with Gasteiger partial charge in [-0.05, 0) is 30.3 Å². The first-order chi connectivity index (χ1) is 13.7. The quantitative estimate of drug-likeness (QED) is 0.675. The van der Waals surface area contributed by atoms with Gasteiger partial charge >= 0.3 is 0 Å². The summed E-state index contributed by atoms with van der Waals surface area (Å²) in [6.45, 7) is 4.21. The van der Waals surface area contributed by atoms with Gasteiger partial charge in [-0.15, -0.1) is 0 Å². The first kappa shape index (κ1) is 18.3. The van der Waals surface area contributed by atoms with Crippen molar-refractivity contribution in [2.24, 2.45) is 0 Å². The summed E-state index contributed by atoms with van der Waals surface area (Å²) in [5.41, 5.74) is 1.73. The number of benzene rings is 1. The normalized spacial score (nSPS) is 15.0. The Morgan fingerprint density at radius 1 is 1.00 bits per heavy atom. The van der Waals surface area contributed by atoms with Gasteiger partial charge in [-0.3, -0.25) is 14.1 Å². The van der Waals surface area contributed by atoms with Gasteiger partial charge in [-0.25, -0.2) is 4.98 Å². The highest BCUT2D eigenvalue weighted by Crippen LogP contribution is 2.26. The molecule has 2 aromatic heterocycles. The van der Waals surface area contributed by atoms with Crippen LogP contribution in [0.25, 0.3) is 5.65 Å². The Hall–Kier alpha value is -3.06. The zero-order chi connectivity index (χ0) is 19.5. The Morgan fingerprint density at radius 2 is 1.82 bits per heavy atom. The Balaban J connectivity index is 1.46. The van der Waals surface area contributed by atoms with Crippen molar-refractivity contribution in [3.8, 4) is 11.5 Å². The van der Waals surface area contributed by atoms with E-state index < -0.39 is 0 Å². The third-order valence-corrected chi connectivity index (χ3v) is 5.14. The van der Waals surface area contributed by atoms with Crippen molar-refractivity contribution in [1.82, 2.24) is 14.3 Å². The third-order valence-electron chi connectivity index (χ3n) is 5.14. The topological polar surface area (TPSA) is 59.3 Å². The van der Waals surface area contributed by atoms with E-state index >= 15 is 0 Å². The van der Waals surface area contributed by atoms with E-state index in [4.69, 9.17) is 9.47 Å². The maximum Gasteiger partial charge on any atom is 0.259 e. The predicted octanol–water partition coefficient (Wildman–Crippen LogP) is 2.03. The fourth-order valence-electron chi connectivity index (χ4n) is 3.58. The highest BCUT2D eigenvalue weighted by Gasteiger charge is 2.20. The molecule has 1 aliphatic heterocycles. The molecule has 0 unspecified atom stereocenters. The van der Waals surface area contributed by atoms with E-state index in [2.05, 4.69) is 14.8 Å². The molecule has 0 atom stereocenters. The van der Waals surface area contributed by atoms with Crippen LogP contribution in [0, 0.1) is 0 Å². The molecule has 3 heterocycles. The van der Waals surface area contributed by atoms with E-state index in [-0.39, 0.29) is 5.56 Å². The molecule has 146 valence electrons. The predicted molar refractivity (Wildman–Crippen MR) is 108 cm³/mol. The number of hydrogen-bond acceptors (Lipinski definition) is 6. The van der Waals surface area contributed by atoms with E-state index in [0.29, 0.717) is 5.65 Å². The fraction of sp³-hybridized carbons (Fsp3) is 0.333. The van der Waals surface area contributed by atoms with Crippen molar-refractivity contribution >= 4 is 11.5 Å². The summed E-state index contributed by atoms with van der Waals surface area (Å²) in [5.74, 6) is 2.44. The molecule has 7 heteroatoms. The lowest BCUT2D eigenvalue weighted by atomic mass is 10.1. The molecule has 1 fully saturated rings. The van der Waals surface area contributed by atoms with Gasteiger partial charge in [0, 0.05) is 50.6 Å². The summed E-state index contributed by atoms with van der Waals surface area (Å²) in [5, 5.41) is 0. The summed E-state index contributed by atoms with van der Waals surface area (Å²) in [6.07, 6.45) is 1.74. The lowest BCUT2D eigenvalue weighted by molar-refractivity contribution is 0.245. The summed E-state index contributed by atoms with van der Waals surface area (Å²) in [6, 6.07) is 13.1. The minimum absolute atomic E-state index is 0.0517. The van der Waals surface area contributed by atoms with Crippen molar-refractivity contribution in [3.63, 3.8) is 0 Å². The smallest absolute Gasteiger partial charge is 0.259 e. The van der Waals surface area contributed by atoms with Gasteiger partial charge in [0.05, 0.1) is 14.2 Å². The van der Waals surface area contributed by atoms with Crippen LogP contribution in [0.15, 0.2) is 53.5 Å². The lowest BCUT2D eigenvalue weighted by Gasteiger charge is -2.35. The van der Waals surface area contributed by atoms with E-state index in [1.54, 1.807) is 30.9 Å². The maximum absolute atomic E-state index is 12.3. The number of methoxy groups -OCH3 is 2. The average molecular weight is 380 g/mol. The first-order valence-corrected chi connectivity index (χ1v) is 9.34. The molecule has 4 rings (SSSR count). The molecule has 3 aromatic rings. The molecule has 7 nitrogen and oxygen atoms in total. The van der Waals surface area contributed by atoms with Crippen LogP contribution in [-0.2, 0) is 6.54 Å². The molecular weight excluding hydrogens is 356 g/mol. The van der Waals surface area contributed by atoms with Crippen molar-refractivity contribution < 1.29 is 9.47 Å². The second-order valence-electron chi connectivity index (χ2n) is 6.82. The van der Waals surface area contributed by atoms with Crippen LogP contribution in [0.3, 0.4) is 0 Å². The Morgan fingerprint density at radius 3 is 2.57 bits per heavy atom. The van der Waals surface area contributed by atoms with Gasteiger partial charge in [-0.2, -0.15) is 0 Å². The van der Waals surface area contributed by atoms with Crippen LogP contribution >= 0.6 is 0 Å². The SMILES string of the molecule is COc1ccc(OC)c(CN2CCN(c3cc(=O)n4ccccc4n3)CC2)c1. The molecule has 28 heavy (non-hydrogen) atoms. The van der Waals surface area contributed by atoms with Gasteiger partial charge in [-0.1, -0.05) is 6.07 Å². The third kappa shape index (κ3) is 3.66. The summed E-state index contributed by atoms with van der Waals surface area (Å²) in [7, 11) is 3.36. The van der Waals surface area contributed by atoms with Crippen LogP contribution in [-0.4, -0.2) is 54.7 Å².